The van der Waals surface area contributed by atoms with Gasteiger partial charge in [-0.15, -0.1) is 0 Å². The Morgan fingerprint density at radius 3 is 2.54 bits per heavy atom. The van der Waals surface area contributed by atoms with Crippen molar-refractivity contribution in [3.05, 3.63) is 58.6 Å². The number of hydrogen-bond acceptors (Lipinski definition) is 5. The molecule has 0 unspecified atom stereocenters. The molecule has 0 aliphatic carbocycles. The summed E-state index contributed by atoms with van der Waals surface area (Å²) in [4.78, 5) is 31.0. The smallest absolute Gasteiger partial charge is 0.326 e. The molecular formula is C20H20FN3O3S. The van der Waals surface area contributed by atoms with E-state index in [0.717, 1.165) is 17.0 Å². The number of carbonyl (C=O) groups excluding carboxylic acids is 2. The van der Waals surface area contributed by atoms with E-state index < -0.39 is 17.7 Å². The van der Waals surface area contributed by atoms with Crippen molar-refractivity contribution < 1.29 is 18.7 Å². The molecule has 3 aromatic rings. The van der Waals surface area contributed by atoms with Crippen molar-refractivity contribution in [3.63, 3.8) is 0 Å². The summed E-state index contributed by atoms with van der Waals surface area (Å²) in [6.45, 7) is 1.86. The van der Waals surface area contributed by atoms with Crippen LogP contribution in [0.4, 0.5) is 10.1 Å². The predicted octanol–water partition coefficient (Wildman–Crippen LogP) is 3.21. The van der Waals surface area contributed by atoms with Crippen molar-refractivity contribution in [1.82, 2.24) is 4.57 Å². The van der Waals surface area contributed by atoms with Crippen LogP contribution >= 0.6 is 11.3 Å². The van der Waals surface area contributed by atoms with Gasteiger partial charge in [0.25, 0.3) is 5.91 Å². The fourth-order valence-corrected chi connectivity index (χ4v) is 3.73. The Bertz CT molecular complexity index is 1080. The fourth-order valence-electron chi connectivity index (χ4n) is 2.67. The first-order valence-electron chi connectivity index (χ1n) is 8.70. The minimum atomic E-state index is -0.448. The molecule has 28 heavy (non-hydrogen) atoms. The van der Waals surface area contributed by atoms with Crippen LogP contribution in [0.5, 0.6) is 0 Å². The maximum absolute atomic E-state index is 13.6. The Hall–Kier alpha value is -3.00. The first kappa shape index (κ1) is 19.8. The van der Waals surface area contributed by atoms with Gasteiger partial charge in [-0.2, -0.15) is 4.99 Å². The van der Waals surface area contributed by atoms with E-state index in [1.807, 2.05) is 31.1 Å². The van der Waals surface area contributed by atoms with Gasteiger partial charge in [-0.05, 0) is 49.4 Å². The summed E-state index contributed by atoms with van der Waals surface area (Å²) < 4.78 is 20.8. The number of fused-ring (bicyclic) bond motifs is 1. The predicted molar refractivity (Wildman–Crippen MR) is 107 cm³/mol. The fraction of sp³-hybridized carbons (Fsp3) is 0.250. The largest absolute Gasteiger partial charge is 0.465 e. The monoisotopic (exact) mass is 401 g/mol. The molecule has 0 N–H and O–H groups in total. The van der Waals surface area contributed by atoms with Crippen molar-refractivity contribution >= 4 is 39.1 Å². The molecule has 1 heterocycles. The molecule has 8 heteroatoms. The second-order valence-corrected chi connectivity index (χ2v) is 7.26. The number of ether oxygens (including phenoxy) is 1. The molecule has 3 rings (SSSR count). The number of amides is 1. The summed E-state index contributed by atoms with van der Waals surface area (Å²) in [5.74, 6) is -1.28. The highest BCUT2D eigenvalue weighted by Crippen LogP contribution is 2.19. The standard InChI is InChI=1S/C20H20FN3O3S/c1-4-27-18(25)12-24-16-10-7-14(21)11-17(16)28-20(24)22-19(26)13-5-8-15(9-6-13)23(2)3/h5-11H,4,12H2,1-3H3. The topological polar surface area (TPSA) is 63.9 Å². The molecule has 0 saturated heterocycles. The summed E-state index contributed by atoms with van der Waals surface area (Å²) in [5.41, 5.74) is 2.01. The van der Waals surface area contributed by atoms with Gasteiger partial charge in [-0.25, -0.2) is 4.39 Å². The molecule has 0 saturated carbocycles. The number of benzene rings is 2. The normalized spacial score (nSPS) is 11.6. The number of hydrogen-bond donors (Lipinski definition) is 0. The van der Waals surface area contributed by atoms with Crippen LogP contribution in [0.25, 0.3) is 10.2 Å². The van der Waals surface area contributed by atoms with Crippen molar-refractivity contribution in [3.8, 4) is 0 Å². The molecule has 146 valence electrons. The molecule has 6 nitrogen and oxygen atoms in total. The van der Waals surface area contributed by atoms with Crippen LogP contribution in [0.2, 0.25) is 0 Å². The van der Waals surface area contributed by atoms with Gasteiger partial charge >= 0.3 is 5.97 Å². The second kappa shape index (κ2) is 8.35. The van der Waals surface area contributed by atoms with Gasteiger partial charge in [0.2, 0.25) is 0 Å². The van der Waals surface area contributed by atoms with E-state index in [1.165, 1.54) is 12.1 Å². The summed E-state index contributed by atoms with van der Waals surface area (Å²) in [5, 5.41) is 0. The second-order valence-electron chi connectivity index (χ2n) is 6.25. The van der Waals surface area contributed by atoms with Crippen molar-refractivity contribution in [2.24, 2.45) is 4.99 Å². The average Bonchev–Trinajstić information content (AvgIpc) is 2.98. The Morgan fingerprint density at radius 2 is 1.89 bits per heavy atom. The van der Waals surface area contributed by atoms with Gasteiger partial charge in [0, 0.05) is 25.3 Å². The number of thiazole rings is 1. The maximum atomic E-state index is 13.6. The zero-order valence-corrected chi connectivity index (χ0v) is 16.6. The third-order valence-electron chi connectivity index (χ3n) is 4.07. The Morgan fingerprint density at radius 1 is 1.18 bits per heavy atom. The molecule has 0 aliphatic heterocycles. The number of esters is 1. The minimum absolute atomic E-state index is 0.106. The third kappa shape index (κ3) is 4.28. The Balaban J connectivity index is 2.04. The zero-order valence-electron chi connectivity index (χ0n) is 15.8. The van der Waals surface area contributed by atoms with Gasteiger partial charge in [0.15, 0.2) is 4.80 Å². The van der Waals surface area contributed by atoms with Crippen molar-refractivity contribution in [2.45, 2.75) is 13.5 Å². The van der Waals surface area contributed by atoms with Crippen LogP contribution < -0.4 is 9.70 Å². The van der Waals surface area contributed by atoms with Crippen LogP contribution in [0.15, 0.2) is 47.5 Å². The molecule has 2 aromatic carbocycles. The van der Waals surface area contributed by atoms with Gasteiger partial charge in [0.05, 0.1) is 16.8 Å². The first-order chi connectivity index (χ1) is 13.4. The van der Waals surface area contributed by atoms with E-state index in [9.17, 15) is 14.0 Å². The molecule has 1 aromatic heterocycles. The highest BCUT2D eigenvalue weighted by molar-refractivity contribution is 7.16. The van der Waals surface area contributed by atoms with Gasteiger partial charge in [0.1, 0.15) is 12.4 Å². The van der Waals surface area contributed by atoms with Crippen LogP contribution in [0, 0.1) is 5.82 Å². The highest BCUT2D eigenvalue weighted by atomic mass is 32.1. The third-order valence-corrected chi connectivity index (χ3v) is 5.11. The lowest BCUT2D eigenvalue weighted by molar-refractivity contribution is -0.143. The molecule has 0 aliphatic rings. The molecule has 0 atom stereocenters. The Labute approximate surface area is 165 Å². The van der Waals surface area contributed by atoms with Crippen LogP contribution in [0.3, 0.4) is 0 Å². The number of anilines is 1. The summed E-state index contributed by atoms with van der Waals surface area (Å²) in [6.07, 6.45) is 0. The van der Waals surface area contributed by atoms with Crippen LogP contribution in [-0.4, -0.2) is 37.1 Å². The molecule has 0 bridgehead atoms. The maximum Gasteiger partial charge on any atom is 0.326 e. The van der Waals surface area contributed by atoms with E-state index in [1.54, 1.807) is 29.7 Å². The van der Waals surface area contributed by atoms with E-state index in [4.69, 9.17) is 4.74 Å². The summed E-state index contributed by atoms with van der Waals surface area (Å²) in [6, 6.07) is 11.3. The number of rotatable bonds is 5. The van der Waals surface area contributed by atoms with Gasteiger partial charge in [-0.1, -0.05) is 11.3 Å². The van der Waals surface area contributed by atoms with Crippen LogP contribution in [0.1, 0.15) is 17.3 Å². The molecular weight excluding hydrogens is 381 g/mol. The first-order valence-corrected chi connectivity index (χ1v) is 9.51. The molecule has 1 amide bonds. The number of carbonyl (C=O) groups is 2. The number of aromatic nitrogens is 1. The quantitative estimate of drug-likeness (QED) is 0.616. The summed E-state index contributed by atoms with van der Waals surface area (Å²) in [7, 11) is 3.83. The van der Waals surface area contributed by atoms with Gasteiger partial charge < -0.3 is 14.2 Å². The SMILES string of the molecule is CCOC(=O)Cn1c(=NC(=O)c2ccc(N(C)C)cc2)sc2cc(F)ccc21. The Kier molecular flexibility index (Phi) is 5.89. The lowest BCUT2D eigenvalue weighted by atomic mass is 10.2. The zero-order chi connectivity index (χ0) is 20.3. The minimum Gasteiger partial charge on any atom is -0.465 e. The lowest BCUT2D eigenvalue weighted by Crippen LogP contribution is -2.23. The molecule has 0 spiro atoms. The van der Waals surface area contributed by atoms with E-state index in [0.29, 0.717) is 20.6 Å². The molecule has 0 fully saturated rings. The number of halogens is 1. The van der Waals surface area contributed by atoms with Crippen molar-refractivity contribution in [2.75, 3.05) is 25.6 Å². The highest BCUT2D eigenvalue weighted by Gasteiger charge is 2.13. The number of nitrogens with zero attached hydrogens (tertiary/aromatic N) is 3. The van der Waals surface area contributed by atoms with E-state index in [-0.39, 0.29) is 13.2 Å². The lowest BCUT2D eigenvalue weighted by Gasteiger charge is -2.11. The van der Waals surface area contributed by atoms with E-state index in [2.05, 4.69) is 4.99 Å². The van der Waals surface area contributed by atoms with Crippen LogP contribution in [-0.2, 0) is 16.1 Å². The molecule has 0 radical (unpaired) electrons. The van der Waals surface area contributed by atoms with E-state index >= 15 is 0 Å². The summed E-state index contributed by atoms with van der Waals surface area (Å²) >= 11 is 1.15. The van der Waals surface area contributed by atoms with Gasteiger partial charge in [-0.3, -0.25) is 9.59 Å². The van der Waals surface area contributed by atoms with Crippen molar-refractivity contribution in [1.29, 1.82) is 0 Å². The average molecular weight is 401 g/mol.